The Morgan fingerprint density at radius 3 is 2.72 bits per heavy atom. The van der Waals surface area contributed by atoms with E-state index in [2.05, 4.69) is 24.9 Å². The average molecular weight is 244 g/mol. The summed E-state index contributed by atoms with van der Waals surface area (Å²) in [6.45, 7) is 8.00. The molecule has 0 aliphatic rings. The van der Waals surface area contributed by atoms with Gasteiger partial charge in [0.25, 0.3) is 0 Å². The Morgan fingerprint density at radius 1 is 1.39 bits per heavy atom. The van der Waals surface area contributed by atoms with Gasteiger partial charge in [-0.05, 0) is 31.0 Å². The summed E-state index contributed by atoms with van der Waals surface area (Å²) in [7, 11) is 0. The normalized spacial score (nSPS) is 11.8. The quantitative estimate of drug-likeness (QED) is 0.565. The number of benzene rings is 1. The first kappa shape index (κ1) is 14.4. The monoisotopic (exact) mass is 244 g/mol. The van der Waals surface area contributed by atoms with Crippen LogP contribution in [-0.4, -0.2) is 19.8 Å². The van der Waals surface area contributed by atoms with Crippen LogP contribution in [0.4, 0.5) is 0 Å². The molecule has 0 fully saturated rings. The van der Waals surface area contributed by atoms with E-state index in [0.29, 0.717) is 12.2 Å². The third-order valence-electron chi connectivity index (χ3n) is 2.70. The van der Waals surface area contributed by atoms with Gasteiger partial charge in [0.05, 0.1) is 24.8 Å². The first-order valence-corrected chi connectivity index (χ1v) is 6.20. The van der Waals surface area contributed by atoms with Crippen molar-refractivity contribution >= 4 is 0 Å². The number of nitriles is 1. The maximum Gasteiger partial charge on any atom is 0.0991 e. The van der Waals surface area contributed by atoms with Gasteiger partial charge in [0, 0.05) is 12.6 Å². The predicted octanol–water partition coefficient (Wildman–Crippen LogP) is 2.80. The Kier molecular flexibility index (Phi) is 6.78. The SMILES string of the molecule is C=CCCOCCNC(C)c1ccc(C#N)cc1. The van der Waals surface area contributed by atoms with E-state index < -0.39 is 0 Å². The van der Waals surface area contributed by atoms with Crippen LogP contribution in [0.1, 0.15) is 30.5 Å². The minimum absolute atomic E-state index is 0.265. The molecule has 3 heteroatoms. The number of hydrogen-bond acceptors (Lipinski definition) is 3. The molecule has 0 aliphatic carbocycles. The van der Waals surface area contributed by atoms with Gasteiger partial charge in [-0.15, -0.1) is 6.58 Å². The van der Waals surface area contributed by atoms with Crippen LogP contribution in [0.3, 0.4) is 0 Å². The van der Waals surface area contributed by atoms with Crippen molar-refractivity contribution in [3.63, 3.8) is 0 Å². The number of hydrogen-bond donors (Lipinski definition) is 1. The molecule has 1 atom stereocenters. The summed E-state index contributed by atoms with van der Waals surface area (Å²) in [5.41, 5.74) is 1.87. The largest absolute Gasteiger partial charge is 0.380 e. The lowest BCUT2D eigenvalue weighted by molar-refractivity contribution is 0.138. The fourth-order valence-electron chi connectivity index (χ4n) is 1.58. The summed E-state index contributed by atoms with van der Waals surface area (Å²) in [6, 6.07) is 10.0. The summed E-state index contributed by atoms with van der Waals surface area (Å²) in [4.78, 5) is 0. The van der Waals surface area contributed by atoms with Crippen LogP contribution in [0.2, 0.25) is 0 Å². The zero-order chi connectivity index (χ0) is 13.2. The second-order valence-electron chi connectivity index (χ2n) is 4.10. The molecule has 0 radical (unpaired) electrons. The third kappa shape index (κ3) is 5.13. The molecule has 1 rings (SSSR count). The third-order valence-corrected chi connectivity index (χ3v) is 2.70. The minimum Gasteiger partial charge on any atom is -0.380 e. The molecule has 1 unspecified atom stereocenters. The van der Waals surface area contributed by atoms with Gasteiger partial charge in [-0.25, -0.2) is 0 Å². The first-order chi connectivity index (χ1) is 8.77. The Morgan fingerprint density at radius 2 is 2.11 bits per heavy atom. The fraction of sp³-hybridized carbons (Fsp3) is 0.400. The zero-order valence-corrected chi connectivity index (χ0v) is 10.9. The number of rotatable bonds is 8. The molecule has 0 aromatic heterocycles. The van der Waals surface area contributed by atoms with Gasteiger partial charge in [-0.1, -0.05) is 18.2 Å². The second-order valence-corrected chi connectivity index (χ2v) is 4.10. The molecular weight excluding hydrogens is 224 g/mol. The first-order valence-electron chi connectivity index (χ1n) is 6.20. The van der Waals surface area contributed by atoms with E-state index in [4.69, 9.17) is 10.00 Å². The molecule has 0 saturated carbocycles. The van der Waals surface area contributed by atoms with E-state index in [1.54, 1.807) is 0 Å². The second kappa shape index (κ2) is 8.46. The zero-order valence-electron chi connectivity index (χ0n) is 10.9. The summed E-state index contributed by atoms with van der Waals surface area (Å²) < 4.78 is 5.42. The molecule has 0 bridgehead atoms. The summed E-state index contributed by atoms with van der Waals surface area (Å²) >= 11 is 0. The van der Waals surface area contributed by atoms with Gasteiger partial charge >= 0.3 is 0 Å². The molecule has 1 aromatic rings. The predicted molar refractivity (Wildman–Crippen MR) is 73.2 cm³/mol. The molecule has 0 heterocycles. The Balaban J connectivity index is 2.25. The van der Waals surface area contributed by atoms with E-state index in [-0.39, 0.29) is 6.04 Å². The molecule has 96 valence electrons. The van der Waals surface area contributed by atoms with Crippen LogP contribution in [0.5, 0.6) is 0 Å². The van der Waals surface area contributed by atoms with Crippen LogP contribution in [-0.2, 0) is 4.74 Å². The van der Waals surface area contributed by atoms with Crippen molar-refractivity contribution < 1.29 is 4.74 Å². The Bertz CT molecular complexity index is 392. The smallest absolute Gasteiger partial charge is 0.0991 e. The van der Waals surface area contributed by atoms with Crippen molar-refractivity contribution in [2.45, 2.75) is 19.4 Å². The number of nitrogens with zero attached hydrogens (tertiary/aromatic N) is 1. The van der Waals surface area contributed by atoms with Crippen molar-refractivity contribution in [3.8, 4) is 6.07 Å². The van der Waals surface area contributed by atoms with Crippen LogP contribution < -0.4 is 5.32 Å². The summed E-state index contributed by atoms with van der Waals surface area (Å²) in [5, 5.41) is 12.1. The number of nitrogens with one attached hydrogen (secondary N) is 1. The lowest BCUT2D eigenvalue weighted by Gasteiger charge is -2.14. The van der Waals surface area contributed by atoms with E-state index in [1.807, 2.05) is 30.3 Å². The molecule has 1 N–H and O–H groups in total. The Hall–Kier alpha value is -1.63. The van der Waals surface area contributed by atoms with Gasteiger partial charge in [0.2, 0.25) is 0 Å². The van der Waals surface area contributed by atoms with Crippen molar-refractivity contribution in [2.24, 2.45) is 0 Å². The van der Waals surface area contributed by atoms with Crippen LogP contribution in [0.25, 0.3) is 0 Å². The van der Waals surface area contributed by atoms with Crippen molar-refractivity contribution in [1.82, 2.24) is 5.32 Å². The lowest BCUT2D eigenvalue weighted by Crippen LogP contribution is -2.23. The standard InChI is InChI=1S/C15H20N2O/c1-3-4-10-18-11-9-17-13(2)15-7-5-14(12-16)6-8-15/h3,5-8,13,17H,1,4,9-11H2,2H3. The van der Waals surface area contributed by atoms with Gasteiger partial charge < -0.3 is 10.1 Å². The van der Waals surface area contributed by atoms with Crippen LogP contribution in [0, 0.1) is 11.3 Å². The molecule has 0 amide bonds. The highest BCUT2D eigenvalue weighted by Crippen LogP contribution is 2.12. The maximum atomic E-state index is 8.72. The summed E-state index contributed by atoms with van der Waals surface area (Å²) in [5.74, 6) is 0. The lowest BCUT2D eigenvalue weighted by atomic mass is 10.1. The van der Waals surface area contributed by atoms with Gasteiger partial charge in [0.1, 0.15) is 0 Å². The minimum atomic E-state index is 0.265. The highest BCUT2D eigenvalue weighted by atomic mass is 16.5. The Labute approximate surface area is 109 Å². The average Bonchev–Trinajstić information content (AvgIpc) is 2.42. The molecule has 18 heavy (non-hydrogen) atoms. The topological polar surface area (TPSA) is 45.0 Å². The van der Waals surface area contributed by atoms with Crippen molar-refractivity contribution in [1.29, 1.82) is 5.26 Å². The van der Waals surface area contributed by atoms with E-state index in [9.17, 15) is 0 Å². The van der Waals surface area contributed by atoms with E-state index >= 15 is 0 Å². The molecular formula is C15H20N2O. The highest BCUT2D eigenvalue weighted by molar-refractivity contribution is 5.32. The van der Waals surface area contributed by atoms with Gasteiger partial charge in [-0.3, -0.25) is 0 Å². The molecule has 0 spiro atoms. The van der Waals surface area contributed by atoms with Crippen molar-refractivity contribution in [2.75, 3.05) is 19.8 Å². The van der Waals surface area contributed by atoms with Crippen LogP contribution in [0.15, 0.2) is 36.9 Å². The molecule has 3 nitrogen and oxygen atoms in total. The molecule has 0 aliphatic heterocycles. The van der Waals surface area contributed by atoms with E-state index in [1.165, 1.54) is 5.56 Å². The van der Waals surface area contributed by atoms with Gasteiger partial charge in [0.15, 0.2) is 0 Å². The van der Waals surface area contributed by atoms with Gasteiger partial charge in [-0.2, -0.15) is 5.26 Å². The number of ether oxygens (including phenoxy) is 1. The van der Waals surface area contributed by atoms with Crippen molar-refractivity contribution in [3.05, 3.63) is 48.0 Å². The van der Waals surface area contributed by atoms with E-state index in [0.717, 1.165) is 19.6 Å². The molecule has 0 saturated heterocycles. The maximum absolute atomic E-state index is 8.72. The van der Waals surface area contributed by atoms with Crippen LogP contribution >= 0.6 is 0 Å². The highest BCUT2D eigenvalue weighted by Gasteiger charge is 2.03. The molecule has 1 aromatic carbocycles. The fourth-order valence-corrected chi connectivity index (χ4v) is 1.58. The summed E-state index contributed by atoms with van der Waals surface area (Å²) in [6.07, 6.45) is 2.75.